The van der Waals surface area contributed by atoms with E-state index in [-0.39, 0.29) is 12.3 Å². The second-order valence-electron chi connectivity index (χ2n) is 6.76. The van der Waals surface area contributed by atoms with Crippen LogP contribution in [0.1, 0.15) is 104 Å². The molecule has 0 fully saturated rings. The molecule has 0 radical (unpaired) electrons. The van der Waals surface area contributed by atoms with Gasteiger partial charge in [0.05, 0.1) is 0 Å². The summed E-state index contributed by atoms with van der Waals surface area (Å²) in [6.45, 7) is 6.70. The first-order valence-electron chi connectivity index (χ1n) is 10.9. The SMILES string of the molecule is CCCCC/C=C\C/C=C\CCCCCCCC(=O)OC(CC)OCC. The van der Waals surface area contributed by atoms with Crippen molar-refractivity contribution < 1.29 is 14.3 Å². The Hall–Kier alpha value is -1.09. The van der Waals surface area contributed by atoms with Crippen molar-refractivity contribution in [1.29, 1.82) is 0 Å². The highest BCUT2D eigenvalue weighted by molar-refractivity contribution is 5.69. The zero-order valence-electron chi connectivity index (χ0n) is 17.5. The summed E-state index contributed by atoms with van der Waals surface area (Å²) in [6.07, 6.45) is 23.1. The molecule has 0 heterocycles. The maximum atomic E-state index is 11.7. The standard InChI is InChI=1S/C23H42O3/c1-4-7-8-9-10-11-12-13-14-15-16-17-18-19-20-21-22(24)26-23(5-2)25-6-3/h10-11,13-14,23H,4-9,12,15-21H2,1-3H3/b11-10-,14-13-. The molecule has 0 amide bonds. The molecule has 0 aliphatic carbocycles. The van der Waals surface area contributed by atoms with E-state index in [4.69, 9.17) is 9.47 Å². The van der Waals surface area contributed by atoms with E-state index in [0.717, 1.165) is 25.7 Å². The number of ether oxygens (including phenoxy) is 2. The lowest BCUT2D eigenvalue weighted by Gasteiger charge is -2.15. The summed E-state index contributed by atoms with van der Waals surface area (Å²) in [5.41, 5.74) is 0. The van der Waals surface area contributed by atoms with E-state index in [0.29, 0.717) is 19.4 Å². The Kier molecular flexibility index (Phi) is 19.4. The average Bonchev–Trinajstić information content (AvgIpc) is 2.64. The summed E-state index contributed by atoms with van der Waals surface area (Å²) >= 11 is 0. The highest BCUT2D eigenvalue weighted by atomic mass is 16.7. The number of unbranched alkanes of at least 4 members (excludes halogenated alkanes) is 8. The lowest BCUT2D eigenvalue weighted by Crippen LogP contribution is -2.20. The molecule has 152 valence electrons. The molecule has 0 saturated heterocycles. The normalized spacial score (nSPS) is 12.9. The minimum atomic E-state index is -0.370. The fourth-order valence-corrected chi connectivity index (χ4v) is 2.71. The van der Waals surface area contributed by atoms with Crippen molar-refractivity contribution in [2.45, 2.75) is 111 Å². The zero-order valence-corrected chi connectivity index (χ0v) is 17.5. The smallest absolute Gasteiger partial charge is 0.308 e. The Morgan fingerprint density at radius 2 is 1.42 bits per heavy atom. The topological polar surface area (TPSA) is 35.5 Å². The quantitative estimate of drug-likeness (QED) is 0.112. The molecular formula is C23H42O3. The minimum Gasteiger partial charge on any atom is -0.436 e. The molecule has 0 bridgehead atoms. The van der Waals surface area contributed by atoms with Crippen LogP contribution in [0.5, 0.6) is 0 Å². The summed E-state index contributed by atoms with van der Waals surface area (Å²) in [5, 5.41) is 0. The van der Waals surface area contributed by atoms with E-state index in [1.54, 1.807) is 0 Å². The summed E-state index contributed by atoms with van der Waals surface area (Å²) in [6, 6.07) is 0. The summed E-state index contributed by atoms with van der Waals surface area (Å²) < 4.78 is 10.6. The van der Waals surface area contributed by atoms with Gasteiger partial charge in [0.15, 0.2) is 0 Å². The first-order chi connectivity index (χ1) is 12.7. The van der Waals surface area contributed by atoms with Gasteiger partial charge in [-0.1, -0.05) is 70.3 Å². The van der Waals surface area contributed by atoms with Gasteiger partial charge in [-0.2, -0.15) is 0 Å². The molecule has 3 heteroatoms. The van der Waals surface area contributed by atoms with Crippen LogP contribution in [0.15, 0.2) is 24.3 Å². The van der Waals surface area contributed by atoms with Crippen LogP contribution in [0, 0.1) is 0 Å². The van der Waals surface area contributed by atoms with Crippen LogP contribution in [-0.2, 0) is 14.3 Å². The third kappa shape index (κ3) is 17.7. The van der Waals surface area contributed by atoms with Gasteiger partial charge in [-0.3, -0.25) is 4.79 Å². The first-order valence-corrected chi connectivity index (χ1v) is 10.9. The lowest BCUT2D eigenvalue weighted by molar-refractivity contribution is -0.178. The lowest BCUT2D eigenvalue weighted by atomic mass is 10.1. The van der Waals surface area contributed by atoms with Crippen molar-refractivity contribution in [3.8, 4) is 0 Å². The van der Waals surface area contributed by atoms with Crippen molar-refractivity contribution in [3.05, 3.63) is 24.3 Å². The Labute approximate surface area is 162 Å². The predicted octanol–water partition coefficient (Wildman–Crippen LogP) is 7.12. The molecule has 3 nitrogen and oxygen atoms in total. The second-order valence-corrected chi connectivity index (χ2v) is 6.76. The maximum absolute atomic E-state index is 11.7. The predicted molar refractivity (Wildman–Crippen MR) is 111 cm³/mol. The molecule has 0 rings (SSSR count). The zero-order chi connectivity index (χ0) is 19.3. The van der Waals surface area contributed by atoms with Crippen molar-refractivity contribution >= 4 is 5.97 Å². The van der Waals surface area contributed by atoms with Gasteiger partial charge in [0.2, 0.25) is 6.29 Å². The first kappa shape index (κ1) is 24.9. The summed E-state index contributed by atoms with van der Waals surface area (Å²) in [7, 11) is 0. The fraction of sp³-hybridized carbons (Fsp3) is 0.783. The van der Waals surface area contributed by atoms with E-state index in [1.807, 2.05) is 13.8 Å². The van der Waals surface area contributed by atoms with E-state index >= 15 is 0 Å². The van der Waals surface area contributed by atoms with Gasteiger partial charge < -0.3 is 9.47 Å². The number of carbonyl (C=O) groups excluding carboxylic acids is 1. The number of esters is 1. The Morgan fingerprint density at radius 1 is 0.808 bits per heavy atom. The van der Waals surface area contributed by atoms with Crippen LogP contribution >= 0.6 is 0 Å². The molecule has 26 heavy (non-hydrogen) atoms. The van der Waals surface area contributed by atoms with Gasteiger partial charge in [0.25, 0.3) is 0 Å². The molecule has 1 atom stereocenters. The van der Waals surface area contributed by atoms with Crippen LogP contribution in [0.4, 0.5) is 0 Å². The molecule has 0 N–H and O–H groups in total. The van der Waals surface area contributed by atoms with Crippen LogP contribution in [0.3, 0.4) is 0 Å². The number of allylic oxidation sites excluding steroid dienone is 4. The summed E-state index contributed by atoms with van der Waals surface area (Å²) in [5.74, 6) is -0.129. The van der Waals surface area contributed by atoms with Gasteiger partial charge in [0.1, 0.15) is 0 Å². The maximum Gasteiger partial charge on any atom is 0.308 e. The van der Waals surface area contributed by atoms with Crippen LogP contribution in [-0.4, -0.2) is 18.9 Å². The number of carbonyl (C=O) groups is 1. The number of rotatable bonds is 18. The third-order valence-electron chi connectivity index (χ3n) is 4.28. The number of hydrogen-bond acceptors (Lipinski definition) is 3. The molecule has 0 aliphatic rings. The van der Waals surface area contributed by atoms with Crippen LogP contribution in [0.25, 0.3) is 0 Å². The van der Waals surface area contributed by atoms with E-state index in [9.17, 15) is 4.79 Å². The Bertz CT molecular complexity index is 360. The molecule has 0 spiro atoms. The second kappa shape index (κ2) is 20.2. The molecule has 0 aliphatic heterocycles. The van der Waals surface area contributed by atoms with Crippen LogP contribution in [0.2, 0.25) is 0 Å². The Morgan fingerprint density at radius 3 is 2.04 bits per heavy atom. The fourth-order valence-electron chi connectivity index (χ4n) is 2.71. The number of hydrogen-bond donors (Lipinski definition) is 0. The molecule has 0 aromatic carbocycles. The Balaban J connectivity index is 3.40. The van der Waals surface area contributed by atoms with E-state index in [1.165, 1.54) is 44.9 Å². The van der Waals surface area contributed by atoms with Gasteiger partial charge in [-0.05, 0) is 45.4 Å². The van der Waals surface area contributed by atoms with Crippen molar-refractivity contribution in [2.24, 2.45) is 0 Å². The summed E-state index contributed by atoms with van der Waals surface area (Å²) in [4.78, 5) is 11.7. The monoisotopic (exact) mass is 366 g/mol. The van der Waals surface area contributed by atoms with Crippen molar-refractivity contribution in [2.75, 3.05) is 6.61 Å². The molecular weight excluding hydrogens is 324 g/mol. The molecule has 0 saturated carbocycles. The van der Waals surface area contributed by atoms with Crippen LogP contribution < -0.4 is 0 Å². The largest absolute Gasteiger partial charge is 0.436 e. The molecule has 0 aromatic heterocycles. The average molecular weight is 367 g/mol. The van der Waals surface area contributed by atoms with Gasteiger partial charge >= 0.3 is 5.97 Å². The third-order valence-corrected chi connectivity index (χ3v) is 4.28. The van der Waals surface area contributed by atoms with Gasteiger partial charge in [-0.15, -0.1) is 0 Å². The highest BCUT2D eigenvalue weighted by Crippen LogP contribution is 2.10. The van der Waals surface area contributed by atoms with E-state index < -0.39 is 0 Å². The van der Waals surface area contributed by atoms with Crippen molar-refractivity contribution in [3.63, 3.8) is 0 Å². The van der Waals surface area contributed by atoms with E-state index in [2.05, 4.69) is 31.2 Å². The van der Waals surface area contributed by atoms with Gasteiger partial charge in [-0.25, -0.2) is 0 Å². The molecule has 1 unspecified atom stereocenters. The highest BCUT2D eigenvalue weighted by Gasteiger charge is 2.11. The minimum absolute atomic E-state index is 0.129. The van der Waals surface area contributed by atoms with Crippen molar-refractivity contribution in [1.82, 2.24) is 0 Å². The molecule has 0 aromatic rings. The van der Waals surface area contributed by atoms with Gasteiger partial charge in [0, 0.05) is 19.4 Å².